The number of carbonyl (C=O) groups excluding carboxylic acids is 1. The highest BCUT2D eigenvalue weighted by molar-refractivity contribution is 6.00. The molecule has 1 amide bonds. The lowest BCUT2D eigenvalue weighted by Gasteiger charge is -2.15. The third-order valence-corrected chi connectivity index (χ3v) is 3.74. The lowest BCUT2D eigenvalue weighted by atomic mass is 10.0. The number of hydrogen-bond acceptors (Lipinski definition) is 3. The van der Waals surface area contributed by atoms with Crippen molar-refractivity contribution in [3.8, 4) is 0 Å². The van der Waals surface area contributed by atoms with E-state index >= 15 is 0 Å². The Morgan fingerprint density at radius 3 is 2.86 bits per heavy atom. The summed E-state index contributed by atoms with van der Waals surface area (Å²) in [4.78, 5) is 12.4. The van der Waals surface area contributed by atoms with Gasteiger partial charge < -0.3 is 11.1 Å². The van der Waals surface area contributed by atoms with Crippen LogP contribution in [0.4, 0.5) is 5.82 Å². The van der Waals surface area contributed by atoms with Crippen LogP contribution in [0.3, 0.4) is 0 Å². The second-order valence-corrected chi connectivity index (χ2v) is 5.48. The molecule has 0 aliphatic carbocycles. The molecule has 5 heteroatoms. The fraction of sp³-hybridized carbons (Fsp3) is 0.176. The molecule has 1 aromatic heterocycles. The monoisotopic (exact) mass is 294 g/mol. The molecule has 0 fully saturated rings. The normalized spacial score (nSPS) is 12.3. The number of hydrogen-bond donors (Lipinski definition) is 3. The predicted octanol–water partition coefficient (Wildman–Crippen LogP) is 2.94. The van der Waals surface area contributed by atoms with Gasteiger partial charge in [0, 0.05) is 10.9 Å². The number of carbonyl (C=O) groups is 1. The number of nitrogens with zero attached hydrogens (tertiary/aromatic N) is 1. The van der Waals surface area contributed by atoms with Crippen LogP contribution in [0.1, 0.15) is 34.5 Å². The first-order valence-corrected chi connectivity index (χ1v) is 7.15. The Balaban J connectivity index is 1.82. The highest BCUT2D eigenvalue weighted by Crippen LogP contribution is 2.20. The van der Waals surface area contributed by atoms with Crippen molar-refractivity contribution in [2.75, 3.05) is 5.73 Å². The lowest BCUT2D eigenvalue weighted by molar-refractivity contribution is 0.0940. The molecule has 3 rings (SSSR count). The summed E-state index contributed by atoms with van der Waals surface area (Å²) in [6.45, 7) is 4.01. The first-order valence-electron chi connectivity index (χ1n) is 7.15. The lowest BCUT2D eigenvalue weighted by Crippen LogP contribution is -2.26. The highest BCUT2D eigenvalue weighted by Gasteiger charge is 2.13. The zero-order valence-corrected chi connectivity index (χ0v) is 12.6. The molecular weight excluding hydrogens is 276 g/mol. The summed E-state index contributed by atoms with van der Waals surface area (Å²) in [7, 11) is 0. The van der Waals surface area contributed by atoms with Gasteiger partial charge in [-0.3, -0.25) is 9.89 Å². The average molecular weight is 294 g/mol. The van der Waals surface area contributed by atoms with E-state index in [1.807, 2.05) is 38.1 Å². The molecule has 4 N–H and O–H groups in total. The van der Waals surface area contributed by atoms with Gasteiger partial charge in [0.25, 0.3) is 5.91 Å². The zero-order chi connectivity index (χ0) is 15.7. The van der Waals surface area contributed by atoms with Gasteiger partial charge in [0.2, 0.25) is 0 Å². The number of benzene rings is 2. The fourth-order valence-electron chi connectivity index (χ4n) is 2.48. The standard InChI is InChI=1S/C17H18N4O/c1-10-4-3-5-12(8-10)11(2)19-17(22)13-6-7-15-14(9-13)16(18)21-20-15/h3-9,11H,1-2H3,(H,19,22)(H3,18,20,21)/t11-/m1/s1. The number of aromatic nitrogens is 2. The maximum Gasteiger partial charge on any atom is 0.251 e. The first-order chi connectivity index (χ1) is 10.5. The van der Waals surface area contributed by atoms with Gasteiger partial charge in [-0.2, -0.15) is 5.10 Å². The van der Waals surface area contributed by atoms with E-state index in [1.165, 1.54) is 5.56 Å². The number of nitrogens with one attached hydrogen (secondary N) is 2. The van der Waals surface area contributed by atoms with Crippen LogP contribution in [-0.4, -0.2) is 16.1 Å². The summed E-state index contributed by atoms with van der Waals surface area (Å²) in [5.74, 6) is 0.271. The topological polar surface area (TPSA) is 83.8 Å². The summed E-state index contributed by atoms with van der Waals surface area (Å²) in [6, 6.07) is 13.4. The van der Waals surface area contributed by atoms with Gasteiger partial charge in [-0.25, -0.2) is 0 Å². The predicted molar refractivity (Wildman–Crippen MR) is 87.6 cm³/mol. The largest absolute Gasteiger partial charge is 0.382 e. The van der Waals surface area contributed by atoms with Crippen molar-refractivity contribution in [3.05, 3.63) is 59.2 Å². The third kappa shape index (κ3) is 2.65. The maximum atomic E-state index is 12.4. The van der Waals surface area contributed by atoms with E-state index in [-0.39, 0.29) is 11.9 Å². The second kappa shape index (κ2) is 5.52. The van der Waals surface area contributed by atoms with Gasteiger partial charge in [-0.15, -0.1) is 0 Å². The molecule has 0 bridgehead atoms. The van der Waals surface area contributed by atoms with E-state index in [9.17, 15) is 4.79 Å². The Bertz CT molecular complexity index is 838. The van der Waals surface area contributed by atoms with Crippen LogP contribution < -0.4 is 11.1 Å². The minimum Gasteiger partial charge on any atom is -0.382 e. The fourth-order valence-corrected chi connectivity index (χ4v) is 2.48. The number of H-pyrrole nitrogens is 1. The van der Waals surface area contributed by atoms with Crippen molar-refractivity contribution in [1.82, 2.24) is 15.5 Å². The van der Waals surface area contributed by atoms with E-state index in [4.69, 9.17) is 5.73 Å². The van der Waals surface area contributed by atoms with Crippen molar-refractivity contribution >= 4 is 22.6 Å². The molecule has 22 heavy (non-hydrogen) atoms. The molecule has 3 aromatic rings. The summed E-state index contributed by atoms with van der Waals surface area (Å²) in [5, 5.41) is 10.5. The van der Waals surface area contributed by atoms with Crippen LogP contribution in [0.25, 0.3) is 10.9 Å². The Kier molecular flexibility index (Phi) is 3.55. The van der Waals surface area contributed by atoms with E-state index in [1.54, 1.807) is 12.1 Å². The number of nitrogens with two attached hydrogens (primary N) is 1. The van der Waals surface area contributed by atoms with Crippen molar-refractivity contribution in [2.45, 2.75) is 19.9 Å². The smallest absolute Gasteiger partial charge is 0.251 e. The molecule has 2 aromatic carbocycles. The molecule has 0 spiro atoms. The highest BCUT2D eigenvalue weighted by atomic mass is 16.1. The Morgan fingerprint density at radius 2 is 2.09 bits per heavy atom. The van der Waals surface area contributed by atoms with Crippen LogP contribution >= 0.6 is 0 Å². The van der Waals surface area contributed by atoms with Crippen LogP contribution in [-0.2, 0) is 0 Å². The Hall–Kier alpha value is -2.82. The number of fused-ring (bicyclic) bond motifs is 1. The van der Waals surface area contributed by atoms with Crippen molar-refractivity contribution in [2.24, 2.45) is 0 Å². The van der Waals surface area contributed by atoms with Gasteiger partial charge >= 0.3 is 0 Å². The minimum atomic E-state index is -0.128. The van der Waals surface area contributed by atoms with Crippen LogP contribution in [0, 0.1) is 6.92 Å². The molecule has 0 aliphatic rings. The Labute approximate surface area is 128 Å². The number of amides is 1. The number of rotatable bonds is 3. The zero-order valence-electron chi connectivity index (χ0n) is 12.6. The summed E-state index contributed by atoms with van der Waals surface area (Å²) < 4.78 is 0. The Morgan fingerprint density at radius 1 is 1.27 bits per heavy atom. The summed E-state index contributed by atoms with van der Waals surface area (Å²) in [5.41, 5.74) is 9.42. The van der Waals surface area contributed by atoms with Gasteiger partial charge in [-0.1, -0.05) is 29.8 Å². The van der Waals surface area contributed by atoms with Crippen molar-refractivity contribution in [1.29, 1.82) is 0 Å². The maximum absolute atomic E-state index is 12.4. The molecule has 0 saturated carbocycles. The first kappa shape index (κ1) is 14.1. The van der Waals surface area contributed by atoms with E-state index in [0.29, 0.717) is 11.4 Å². The molecule has 112 valence electrons. The third-order valence-electron chi connectivity index (χ3n) is 3.74. The summed E-state index contributed by atoms with van der Waals surface area (Å²) >= 11 is 0. The molecule has 0 aliphatic heterocycles. The van der Waals surface area contributed by atoms with Gasteiger partial charge in [0.15, 0.2) is 5.82 Å². The molecule has 1 heterocycles. The van der Waals surface area contributed by atoms with Gasteiger partial charge in [0.1, 0.15) is 0 Å². The number of nitrogen functional groups attached to an aromatic ring is 1. The second-order valence-electron chi connectivity index (χ2n) is 5.48. The van der Waals surface area contributed by atoms with Crippen LogP contribution in [0.2, 0.25) is 0 Å². The average Bonchev–Trinajstić information content (AvgIpc) is 2.88. The molecule has 1 atom stereocenters. The van der Waals surface area contributed by atoms with E-state index in [0.717, 1.165) is 16.5 Å². The quantitative estimate of drug-likeness (QED) is 0.694. The number of aromatic amines is 1. The van der Waals surface area contributed by atoms with Gasteiger partial charge in [-0.05, 0) is 37.6 Å². The van der Waals surface area contributed by atoms with Crippen LogP contribution in [0.15, 0.2) is 42.5 Å². The SMILES string of the molecule is Cc1cccc([C@@H](C)NC(=O)c2ccc3[nH]nc(N)c3c2)c1. The number of aryl methyl sites for hydroxylation is 1. The van der Waals surface area contributed by atoms with Crippen molar-refractivity contribution in [3.63, 3.8) is 0 Å². The van der Waals surface area contributed by atoms with E-state index in [2.05, 4.69) is 21.6 Å². The molecular formula is C17H18N4O. The molecule has 5 nitrogen and oxygen atoms in total. The summed E-state index contributed by atoms with van der Waals surface area (Å²) in [6.07, 6.45) is 0. The van der Waals surface area contributed by atoms with Crippen LogP contribution in [0.5, 0.6) is 0 Å². The number of anilines is 1. The van der Waals surface area contributed by atoms with Crippen molar-refractivity contribution < 1.29 is 4.79 Å². The molecule has 0 unspecified atom stereocenters. The molecule has 0 saturated heterocycles. The molecule has 0 radical (unpaired) electrons. The van der Waals surface area contributed by atoms with Gasteiger partial charge in [0.05, 0.1) is 11.6 Å². The minimum absolute atomic E-state index is 0.0650. The van der Waals surface area contributed by atoms with E-state index < -0.39 is 0 Å².